The van der Waals surface area contributed by atoms with Gasteiger partial charge in [0.05, 0.1) is 11.3 Å². The molecule has 1 heterocycles. The van der Waals surface area contributed by atoms with Gasteiger partial charge in [-0.3, -0.25) is 4.21 Å². The maximum atomic E-state index is 11.9. The van der Waals surface area contributed by atoms with E-state index < -0.39 is 22.8 Å². The van der Waals surface area contributed by atoms with Crippen molar-refractivity contribution in [2.45, 2.75) is 18.9 Å². The number of amides is 2. The molecule has 1 aliphatic heterocycles. The van der Waals surface area contributed by atoms with Crippen molar-refractivity contribution in [2.75, 3.05) is 16.8 Å². The number of carboxylic acids is 1. The molecule has 1 aromatic rings. The van der Waals surface area contributed by atoms with Gasteiger partial charge in [-0.05, 0) is 31.0 Å². The minimum absolute atomic E-state index is 0.0386. The molecule has 0 radical (unpaired) electrons. The Morgan fingerprint density at radius 1 is 1.29 bits per heavy atom. The van der Waals surface area contributed by atoms with E-state index in [0.29, 0.717) is 24.3 Å². The Morgan fingerprint density at radius 2 is 1.95 bits per heavy atom. The van der Waals surface area contributed by atoms with Crippen LogP contribution in [0, 0.1) is 0 Å². The summed E-state index contributed by atoms with van der Waals surface area (Å²) in [4.78, 5) is 23.0. The number of hydrogen-bond acceptors (Lipinski definition) is 3. The molecular formula is C13H15ClN2O4S. The second-order valence-corrected chi connectivity index (χ2v) is 6.85. The molecule has 1 fully saturated rings. The zero-order valence-corrected chi connectivity index (χ0v) is 12.7. The van der Waals surface area contributed by atoms with Gasteiger partial charge in [-0.15, -0.1) is 0 Å². The van der Waals surface area contributed by atoms with E-state index >= 15 is 0 Å². The summed E-state index contributed by atoms with van der Waals surface area (Å²) in [6.45, 7) is 0. The SMILES string of the molecule is O=C(Nc1ccc(Cl)cc1C(=O)O)NC1CCS(=O)CC1. The maximum Gasteiger partial charge on any atom is 0.337 e. The Kier molecular flexibility index (Phi) is 5.19. The van der Waals surface area contributed by atoms with Crippen LogP contribution >= 0.6 is 11.6 Å². The molecule has 21 heavy (non-hydrogen) atoms. The summed E-state index contributed by atoms with van der Waals surface area (Å²) in [7, 11) is -0.790. The first-order valence-corrected chi connectivity index (χ1v) is 8.27. The van der Waals surface area contributed by atoms with Crippen molar-refractivity contribution >= 4 is 40.1 Å². The van der Waals surface area contributed by atoms with Gasteiger partial charge in [0.25, 0.3) is 0 Å². The lowest BCUT2D eigenvalue weighted by Crippen LogP contribution is -2.41. The highest BCUT2D eigenvalue weighted by molar-refractivity contribution is 7.85. The minimum Gasteiger partial charge on any atom is -0.478 e. The van der Waals surface area contributed by atoms with E-state index in [-0.39, 0.29) is 22.3 Å². The molecule has 1 saturated heterocycles. The topological polar surface area (TPSA) is 95.5 Å². The Hall–Kier alpha value is -1.60. The molecule has 8 heteroatoms. The maximum absolute atomic E-state index is 11.9. The van der Waals surface area contributed by atoms with Gasteiger partial charge in [0, 0.05) is 33.4 Å². The summed E-state index contributed by atoms with van der Waals surface area (Å²) in [6.07, 6.45) is 1.32. The van der Waals surface area contributed by atoms with E-state index in [9.17, 15) is 13.8 Å². The van der Waals surface area contributed by atoms with Gasteiger partial charge in [0.2, 0.25) is 0 Å². The Labute approximate surface area is 129 Å². The highest BCUT2D eigenvalue weighted by atomic mass is 35.5. The van der Waals surface area contributed by atoms with E-state index in [1.54, 1.807) is 0 Å². The number of aromatic carboxylic acids is 1. The van der Waals surface area contributed by atoms with Gasteiger partial charge in [0.15, 0.2) is 0 Å². The number of hydrogen-bond donors (Lipinski definition) is 3. The first kappa shape index (κ1) is 15.8. The normalized spacial score (nSPS) is 21.6. The number of rotatable bonds is 3. The summed E-state index contributed by atoms with van der Waals surface area (Å²) in [6, 6.07) is 3.72. The van der Waals surface area contributed by atoms with E-state index in [4.69, 9.17) is 16.7 Å². The van der Waals surface area contributed by atoms with Crippen LogP contribution in [-0.4, -0.2) is 38.9 Å². The Morgan fingerprint density at radius 3 is 2.57 bits per heavy atom. The average molecular weight is 331 g/mol. The van der Waals surface area contributed by atoms with Crippen molar-refractivity contribution in [1.29, 1.82) is 0 Å². The minimum atomic E-state index is -1.17. The van der Waals surface area contributed by atoms with Crippen molar-refractivity contribution in [2.24, 2.45) is 0 Å². The number of anilines is 1. The predicted molar refractivity (Wildman–Crippen MR) is 81.5 cm³/mol. The van der Waals surface area contributed by atoms with E-state index in [2.05, 4.69) is 10.6 Å². The second kappa shape index (κ2) is 6.91. The third-order valence-corrected chi connectivity index (χ3v) is 4.80. The molecule has 3 N–H and O–H groups in total. The predicted octanol–water partition coefficient (Wildman–Crippen LogP) is 2.07. The summed E-state index contributed by atoms with van der Waals surface area (Å²) < 4.78 is 11.2. The highest BCUT2D eigenvalue weighted by Gasteiger charge is 2.20. The van der Waals surface area contributed by atoms with Crippen molar-refractivity contribution in [3.8, 4) is 0 Å². The lowest BCUT2D eigenvalue weighted by atomic mass is 10.1. The van der Waals surface area contributed by atoms with Crippen molar-refractivity contribution < 1.29 is 18.9 Å². The number of carbonyl (C=O) groups excluding carboxylic acids is 1. The van der Waals surface area contributed by atoms with Gasteiger partial charge in [-0.2, -0.15) is 0 Å². The molecule has 1 aromatic carbocycles. The van der Waals surface area contributed by atoms with Gasteiger partial charge in [0.1, 0.15) is 0 Å². The summed E-state index contributed by atoms with van der Waals surface area (Å²) in [5.41, 5.74) is 0.117. The second-order valence-electron chi connectivity index (χ2n) is 4.72. The van der Waals surface area contributed by atoms with Crippen LogP contribution in [0.4, 0.5) is 10.5 Å². The first-order chi connectivity index (χ1) is 9.95. The number of nitrogens with one attached hydrogen (secondary N) is 2. The van der Waals surface area contributed by atoms with Crippen LogP contribution in [0.15, 0.2) is 18.2 Å². The van der Waals surface area contributed by atoms with Gasteiger partial charge < -0.3 is 15.7 Å². The molecule has 2 rings (SSSR count). The fourth-order valence-electron chi connectivity index (χ4n) is 2.08. The quantitative estimate of drug-likeness (QED) is 0.790. The number of benzene rings is 1. The molecule has 0 aromatic heterocycles. The molecular weight excluding hydrogens is 316 g/mol. The van der Waals surface area contributed by atoms with E-state index in [1.807, 2.05) is 0 Å². The zero-order valence-electron chi connectivity index (χ0n) is 11.1. The van der Waals surface area contributed by atoms with Gasteiger partial charge in [-0.1, -0.05) is 11.6 Å². The Bertz CT molecular complexity index is 584. The number of carboxylic acid groups (broad SMARTS) is 1. The molecule has 6 nitrogen and oxygen atoms in total. The third-order valence-electron chi connectivity index (χ3n) is 3.18. The smallest absolute Gasteiger partial charge is 0.337 e. The molecule has 0 spiro atoms. The van der Waals surface area contributed by atoms with Crippen LogP contribution in [0.25, 0.3) is 0 Å². The fourth-order valence-corrected chi connectivity index (χ4v) is 3.56. The van der Waals surface area contributed by atoms with Crippen LogP contribution in [0.3, 0.4) is 0 Å². The molecule has 0 bridgehead atoms. The van der Waals surface area contributed by atoms with Crippen LogP contribution in [0.5, 0.6) is 0 Å². The molecule has 1 aliphatic rings. The lowest BCUT2D eigenvalue weighted by Gasteiger charge is -2.22. The molecule has 0 aliphatic carbocycles. The molecule has 0 atom stereocenters. The first-order valence-electron chi connectivity index (χ1n) is 6.41. The van der Waals surface area contributed by atoms with Crippen molar-refractivity contribution in [3.63, 3.8) is 0 Å². The molecule has 0 saturated carbocycles. The lowest BCUT2D eigenvalue weighted by molar-refractivity contribution is 0.0698. The molecule has 2 amide bonds. The highest BCUT2D eigenvalue weighted by Crippen LogP contribution is 2.21. The standard InChI is InChI=1S/C13H15ClN2O4S/c14-8-1-2-11(10(7-8)12(17)18)16-13(19)15-9-3-5-21(20)6-4-9/h1-2,7,9H,3-6H2,(H,17,18)(H2,15,16,19). The van der Waals surface area contributed by atoms with Gasteiger partial charge >= 0.3 is 12.0 Å². The zero-order chi connectivity index (χ0) is 15.4. The Balaban J connectivity index is 1.99. The number of halogens is 1. The summed E-state index contributed by atoms with van der Waals surface area (Å²) >= 11 is 5.75. The van der Waals surface area contributed by atoms with Crippen LogP contribution in [0.2, 0.25) is 5.02 Å². The monoisotopic (exact) mass is 330 g/mol. The summed E-state index contributed by atoms with van der Waals surface area (Å²) in [5.74, 6) is -0.0145. The average Bonchev–Trinajstić information content (AvgIpc) is 2.43. The number of urea groups is 1. The van der Waals surface area contributed by atoms with E-state index in [1.165, 1.54) is 18.2 Å². The largest absolute Gasteiger partial charge is 0.478 e. The number of carbonyl (C=O) groups is 2. The van der Waals surface area contributed by atoms with Crippen LogP contribution < -0.4 is 10.6 Å². The molecule has 114 valence electrons. The third kappa shape index (κ3) is 4.44. The fraction of sp³-hybridized carbons (Fsp3) is 0.385. The van der Waals surface area contributed by atoms with E-state index in [0.717, 1.165) is 0 Å². The van der Waals surface area contributed by atoms with Crippen molar-refractivity contribution in [1.82, 2.24) is 5.32 Å². The van der Waals surface area contributed by atoms with Crippen LogP contribution in [0.1, 0.15) is 23.2 Å². The molecule has 0 unspecified atom stereocenters. The summed E-state index contributed by atoms with van der Waals surface area (Å²) in [5, 5.41) is 14.6. The van der Waals surface area contributed by atoms with Crippen LogP contribution in [-0.2, 0) is 10.8 Å². The van der Waals surface area contributed by atoms with Gasteiger partial charge in [-0.25, -0.2) is 9.59 Å². The van der Waals surface area contributed by atoms with Crippen molar-refractivity contribution in [3.05, 3.63) is 28.8 Å².